The normalized spacial score (nSPS) is 18.4. The van der Waals surface area contributed by atoms with Crippen molar-refractivity contribution >= 4 is 26.5 Å². The molecule has 1 aliphatic heterocycles. The van der Waals surface area contributed by atoms with E-state index in [9.17, 15) is 13.2 Å². The number of sulfone groups is 1. The summed E-state index contributed by atoms with van der Waals surface area (Å²) in [5.41, 5.74) is 1.16. The number of benzene rings is 2. The van der Waals surface area contributed by atoms with Crippen molar-refractivity contribution in [1.82, 2.24) is 4.90 Å². The van der Waals surface area contributed by atoms with Gasteiger partial charge in [0.05, 0.1) is 10.00 Å². The molecule has 0 radical (unpaired) electrons. The van der Waals surface area contributed by atoms with Crippen LogP contribution < -0.4 is 0 Å². The van der Waals surface area contributed by atoms with Crippen LogP contribution in [0.15, 0.2) is 42.5 Å². The smallest absolute Gasteiger partial charge is 0.222 e. The number of nitrogens with zero attached hydrogens (tertiary/aromatic N) is 1. The molecule has 0 N–H and O–H groups in total. The Morgan fingerprint density at radius 3 is 2.54 bits per heavy atom. The first-order chi connectivity index (χ1) is 12.2. The van der Waals surface area contributed by atoms with Crippen molar-refractivity contribution in [2.45, 2.75) is 50.0 Å². The highest BCUT2D eigenvalue weighted by Crippen LogP contribution is 2.28. The minimum Gasteiger partial charge on any atom is -0.341 e. The van der Waals surface area contributed by atoms with Crippen molar-refractivity contribution in [1.29, 1.82) is 0 Å². The fourth-order valence-corrected chi connectivity index (χ4v) is 5.41. The minimum absolute atomic E-state index is 0.0459. The highest BCUT2D eigenvalue weighted by molar-refractivity contribution is 7.93. The summed E-state index contributed by atoms with van der Waals surface area (Å²) in [7, 11) is -3.23. The highest BCUT2D eigenvalue weighted by Gasteiger charge is 2.41. The van der Waals surface area contributed by atoms with Crippen molar-refractivity contribution in [3.8, 4) is 0 Å². The number of rotatable bonds is 4. The van der Waals surface area contributed by atoms with Crippen molar-refractivity contribution in [2.24, 2.45) is 0 Å². The van der Waals surface area contributed by atoms with E-state index in [1.807, 2.05) is 18.2 Å². The summed E-state index contributed by atoms with van der Waals surface area (Å²) >= 11 is 0. The lowest BCUT2D eigenvalue weighted by Crippen LogP contribution is -2.39. The van der Waals surface area contributed by atoms with Crippen LogP contribution in [-0.4, -0.2) is 42.3 Å². The van der Waals surface area contributed by atoms with Crippen molar-refractivity contribution < 1.29 is 13.2 Å². The van der Waals surface area contributed by atoms with Gasteiger partial charge in [0.25, 0.3) is 0 Å². The lowest BCUT2D eigenvalue weighted by Gasteiger charge is -2.24. The molecular weight excluding hydrogens is 346 g/mol. The maximum absolute atomic E-state index is 12.6. The lowest BCUT2D eigenvalue weighted by atomic mass is 10.0. The molecular formula is C21H27NO3S. The second-order valence-corrected chi connectivity index (χ2v) is 11.0. The first-order valence-electron chi connectivity index (χ1n) is 9.18. The predicted molar refractivity (Wildman–Crippen MR) is 106 cm³/mol. The van der Waals surface area contributed by atoms with Gasteiger partial charge in [0, 0.05) is 19.5 Å². The fraction of sp³-hybridized carbons (Fsp3) is 0.476. The van der Waals surface area contributed by atoms with Gasteiger partial charge in [-0.1, -0.05) is 42.5 Å². The second kappa shape index (κ2) is 7.03. The number of hydrogen-bond donors (Lipinski definition) is 0. The van der Waals surface area contributed by atoms with Crippen molar-refractivity contribution in [2.75, 3.05) is 13.1 Å². The summed E-state index contributed by atoms with van der Waals surface area (Å²) in [6, 6.07) is 14.3. The Bertz CT molecular complexity index is 907. The largest absolute Gasteiger partial charge is 0.341 e. The number of carbonyl (C=O) groups excluding carboxylic acids is 1. The van der Waals surface area contributed by atoms with Crippen LogP contribution in [0.5, 0.6) is 0 Å². The summed E-state index contributed by atoms with van der Waals surface area (Å²) in [5, 5.41) is 1.91. The quantitative estimate of drug-likeness (QED) is 0.823. The predicted octanol–water partition coefficient (Wildman–Crippen LogP) is 3.59. The lowest BCUT2D eigenvalue weighted by molar-refractivity contribution is -0.130. The van der Waals surface area contributed by atoms with E-state index < -0.39 is 19.8 Å². The zero-order chi connectivity index (χ0) is 18.9. The molecule has 1 saturated heterocycles. The zero-order valence-electron chi connectivity index (χ0n) is 15.7. The van der Waals surface area contributed by atoms with Crippen LogP contribution in [0.4, 0.5) is 0 Å². The SMILES string of the molecule is CC(C)(C)S(=O)(=O)[C@@H]1CCN(C(=O)CCc2cccc3ccccc23)C1. The molecule has 0 spiro atoms. The molecule has 1 aliphatic rings. The van der Waals surface area contributed by atoms with Crippen LogP contribution in [-0.2, 0) is 21.1 Å². The number of hydrogen-bond acceptors (Lipinski definition) is 3. The summed E-state index contributed by atoms with van der Waals surface area (Å²) in [6.45, 7) is 6.05. The van der Waals surface area contributed by atoms with Crippen LogP contribution >= 0.6 is 0 Å². The Balaban J connectivity index is 1.65. The number of likely N-dealkylation sites (tertiary alicyclic amines) is 1. The summed E-state index contributed by atoms with van der Waals surface area (Å²) in [6.07, 6.45) is 1.63. The van der Waals surface area contributed by atoms with Crippen LogP contribution in [0, 0.1) is 0 Å². The van der Waals surface area contributed by atoms with Crippen molar-refractivity contribution in [3.05, 3.63) is 48.0 Å². The number of amides is 1. The van der Waals surface area contributed by atoms with E-state index in [4.69, 9.17) is 0 Å². The monoisotopic (exact) mass is 373 g/mol. The molecule has 1 fully saturated rings. The summed E-state index contributed by atoms with van der Waals surface area (Å²) < 4.78 is 24.4. The third-order valence-corrected chi connectivity index (χ3v) is 8.25. The van der Waals surface area contributed by atoms with E-state index in [2.05, 4.69) is 24.3 Å². The average Bonchev–Trinajstić information content (AvgIpc) is 3.09. The van der Waals surface area contributed by atoms with E-state index in [0.717, 1.165) is 5.56 Å². The van der Waals surface area contributed by atoms with Crippen LogP contribution in [0.3, 0.4) is 0 Å². The van der Waals surface area contributed by atoms with Gasteiger partial charge in [-0.05, 0) is 49.9 Å². The Morgan fingerprint density at radius 2 is 1.81 bits per heavy atom. The zero-order valence-corrected chi connectivity index (χ0v) is 16.6. The maximum Gasteiger partial charge on any atom is 0.222 e. The molecule has 26 heavy (non-hydrogen) atoms. The minimum atomic E-state index is -3.23. The summed E-state index contributed by atoms with van der Waals surface area (Å²) in [4.78, 5) is 14.3. The Labute approximate surface area is 156 Å². The van der Waals surface area contributed by atoms with Gasteiger partial charge < -0.3 is 4.90 Å². The van der Waals surface area contributed by atoms with Gasteiger partial charge in [0.2, 0.25) is 5.91 Å². The molecule has 0 unspecified atom stereocenters. The van der Waals surface area contributed by atoms with Gasteiger partial charge in [-0.3, -0.25) is 4.79 Å². The third kappa shape index (κ3) is 3.63. The molecule has 140 valence electrons. The molecule has 0 aromatic heterocycles. The van der Waals surface area contributed by atoms with Gasteiger partial charge in [-0.2, -0.15) is 0 Å². The van der Waals surface area contributed by atoms with Gasteiger partial charge in [0.15, 0.2) is 9.84 Å². The van der Waals surface area contributed by atoms with Gasteiger partial charge in [-0.15, -0.1) is 0 Å². The van der Waals surface area contributed by atoms with Crippen LogP contribution in [0.1, 0.15) is 39.2 Å². The maximum atomic E-state index is 12.6. The number of aryl methyl sites for hydroxylation is 1. The average molecular weight is 374 g/mol. The topological polar surface area (TPSA) is 54.5 Å². The molecule has 2 aromatic rings. The molecule has 2 aromatic carbocycles. The van der Waals surface area contributed by atoms with E-state index in [1.54, 1.807) is 25.7 Å². The van der Waals surface area contributed by atoms with Gasteiger partial charge in [0.1, 0.15) is 0 Å². The number of carbonyl (C=O) groups is 1. The van der Waals surface area contributed by atoms with Crippen LogP contribution in [0.2, 0.25) is 0 Å². The van der Waals surface area contributed by atoms with E-state index >= 15 is 0 Å². The van der Waals surface area contributed by atoms with E-state index in [-0.39, 0.29) is 5.91 Å². The standard InChI is InChI=1S/C21H27NO3S/c1-21(2,3)26(24,25)18-13-14-22(15-18)20(23)12-11-17-9-6-8-16-7-4-5-10-19(16)17/h4-10,18H,11-15H2,1-3H3/t18-/m1/s1. The van der Waals surface area contributed by atoms with Crippen LogP contribution in [0.25, 0.3) is 10.8 Å². The van der Waals surface area contributed by atoms with Crippen molar-refractivity contribution in [3.63, 3.8) is 0 Å². The van der Waals surface area contributed by atoms with Gasteiger partial charge >= 0.3 is 0 Å². The Hall–Kier alpha value is -1.88. The molecule has 1 atom stereocenters. The molecule has 0 bridgehead atoms. The molecule has 0 aliphatic carbocycles. The molecule has 0 saturated carbocycles. The third-order valence-electron chi connectivity index (χ3n) is 5.28. The molecule has 1 amide bonds. The van der Waals surface area contributed by atoms with Gasteiger partial charge in [-0.25, -0.2) is 8.42 Å². The summed E-state index contributed by atoms with van der Waals surface area (Å²) in [5.74, 6) is 0.0459. The molecule has 4 nitrogen and oxygen atoms in total. The first kappa shape index (κ1) is 18.9. The first-order valence-corrected chi connectivity index (χ1v) is 10.7. The Morgan fingerprint density at radius 1 is 1.12 bits per heavy atom. The Kier molecular flexibility index (Phi) is 5.11. The van der Waals surface area contributed by atoms with E-state index in [1.165, 1.54) is 10.8 Å². The van der Waals surface area contributed by atoms with E-state index in [0.29, 0.717) is 32.4 Å². The second-order valence-electron chi connectivity index (χ2n) is 8.05. The molecule has 5 heteroatoms. The molecule has 3 rings (SSSR count). The fourth-order valence-electron chi connectivity index (χ4n) is 3.62. The number of fused-ring (bicyclic) bond motifs is 1. The molecule has 1 heterocycles. The highest BCUT2D eigenvalue weighted by atomic mass is 32.2.